The first-order valence-electron chi connectivity index (χ1n) is 4.74. The van der Waals surface area contributed by atoms with E-state index in [1.165, 1.54) is 12.1 Å². The molecule has 1 N–H and O–H groups in total. The summed E-state index contributed by atoms with van der Waals surface area (Å²) in [6, 6.07) is 2.55. The molecule has 0 aliphatic carbocycles. The maximum atomic E-state index is 13.5. The van der Waals surface area contributed by atoms with Crippen molar-refractivity contribution in [2.45, 2.75) is 26.4 Å². The summed E-state index contributed by atoms with van der Waals surface area (Å²) in [6.45, 7) is 3.36. The van der Waals surface area contributed by atoms with Crippen molar-refractivity contribution < 1.29 is 13.9 Å². The fourth-order valence-electron chi connectivity index (χ4n) is 1.25. The van der Waals surface area contributed by atoms with Crippen molar-refractivity contribution >= 4 is 15.9 Å². The van der Waals surface area contributed by atoms with Gasteiger partial charge in [-0.05, 0) is 47.3 Å². The van der Waals surface area contributed by atoms with Gasteiger partial charge in [0.25, 0.3) is 0 Å². The van der Waals surface area contributed by atoms with Crippen LogP contribution in [-0.4, -0.2) is 11.2 Å². The molecule has 0 aromatic heterocycles. The third-order valence-corrected chi connectivity index (χ3v) is 3.10. The minimum atomic E-state index is -0.581. The van der Waals surface area contributed by atoms with Gasteiger partial charge in [0.05, 0.1) is 10.6 Å². The van der Waals surface area contributed by atoms with Gasteiger partial charge in [-0.25, -0.2) is 8.78 Å². The molecule has 0 heterocycles. The summed E-state index contributed by atoms with van der Waals surface area (Å²) in [5.41, 5.74) is 0.0257. The minimum Gasteiger partial charge on any atom is -0.393 e. The molecule has 4 heteroatoms. The molecule has 1 rings (SSSR count). The van der Waals surface area contributed by atoms with E-state index in [-0.39, 0.29) is 22.4 Å². The molecule has 84 valence electrons. The summed E-state index contributed by atoms with van der Waals surface area (Å²) in [5.74, 6) is -1.32. The first-order chi connectivity index (χ1) is 6.93. The summed E-state index contributed by atoms with van der Waals surface area (Å²) in [5, 5.41) is 9.28. The molecule has 2 atom stereocenters. The van der Waals surface area contributed by atoms with Crippen molar-refractivity contribution in [3.8, 4) is 0 Å². The Hall–Kier alpha value is -0.480. The second kappa shape index (κ2) is 5.03. The number of aliphatic hydroxyl groups excluding tert-OH is 1. The lowest BCUT2D eigenvalue weighted by atomic mass is 9.96. The van der Waals surface area contributed by atoms with E-state index in [0.29, 0.717) is 0 Å². The molecule has 0 spiro atoms. The average molecular weight is 279 g/mol. The lowest BCUT2D eigenvalue weighted by molar-refractivity contribution is 0.134. The van der Waals surface area contributed by atoms with Gasteiger partial charge in [-0.15, -0.1) is 0 Å². The first kappa shape index (κ1) is 12.6. The van der Waals surface area contributed by atoms with Gasteiger partial charge in [0.15, 0.2) is 0 Å². The van der Waals surface area contributed by atoms with E-state index in [2.05, 4.69) is 15.9 Å². The highest BCUT2D eigenvalue weighted by atomic mass is 79.9. The highest BCUT2D eigenvalue weighted by molar-refractivity contribution is 9.10. The molecule has 15 heavy (non-hydrogen) atoms. The van der Waals surface area contributed by atoms with Gasteiger partial charge >= 0.3 is 0 Å². The van der Waals surface area contributed by atoms with Crippen LogP contribution in [0.5, 0.6) is 0 Å². The molecule has 0 aliphatic rings. The largest absolute Gasteiger partial charge is 0.393 e. The van der Waals surface area contributed by atoms with Crippen LogP contribution in [0.1, 0.15) is 19.4 Å². The van der Waals surface area contributed by atoms with E-state index in [1.54, 1.807) is 13.8 Å². The second-order valence-electron chi connectivity index (χ2n) is 3.74. The van der Waals surface area contributed by atoms with Crippen LogP contribution in [0.2, 0.25) is 0 Å². The molecule has 0 aliphatic heterocycles. The van der Waals surface area contributed by atoms with E-state index >= 15 is 0 Å². The summed E-state index contributed by atoms with van der Waals surface area (Å²) in [4.78, 5) is 0. The normalized spacial score (nSPS) is 15.1. The van der Waals surface area contributed by atoms with E-state index < -0.39 is 17.7 Å². The van der Waals surface area contributed by atoms with Crippen LogP contribution >= 0.6 is 15.9 Å². The van der Waals surface area contributed by atoms with Crippen molar-refractivity contribution in [3.05, 3.63) is 33.8 Å². The Bertz CT molecular complexity index is 353. The number of halogens is 3. The molecule has 2 unspecified atom stereocenters. The van der Waals surface area contributed by atoms with E-state index in [1.807, 2.05) is 0 Å². The lowest BCUT2D eigenvalue weighted by Crippen LogP contribution is -2.17. The van der Waals surface area contributed by atoms with Crippen LogP contribution in [0.4, 0.5) is 8.78 Å². The molecule has 1 nitrogen and oxygen atoms in total. The summed E-state index contributed by atoms with van der Waals surface area (Å²) in [7, 11) is 0. The van der Waals surface area contributed by atoms with Gasteiger partial charge < -0.3 is 5.11 Å². The van der Waals surface area contributed by atoms with Gasteiger partial charge in [0, 0.05) is 5.56 Å². The zero-order chi connectivity index (χ0) is 11.6. The van der Waals surface area contributed by atoms with Crippen LogP contribution in [0.25, 0.3) is 0 Å². The number of benzene rings is 1. The first-order valence-corrected chi connectivity index (χ1v) is 5.53. The van der Waals surface area contributed by atoms with Crippen LogP contribution in [0, 0.1) is 17.6 Å². The third-order valence-electron chi connectivity index (χ3n) is 2.49. The number of rotatable bonds is 3. The van der Waals surface area contributed by atoms with Crippen molar-refractivity contribution in [3.63, 3.8) is 0 Å². The van der Waals surface area contributed by atoms with Gasteiger partial charge in [-0.1, -0.05) is 6.92 Å². The molecule has 0 saturated carbocycles. The minimum absolute atomic E-state index is 0.0257. The standard InChI is InChI=1S/C11H13BrF2O/c1-6(7(2)15)5-8-10(13)4-3-9(12)11(8)14/h3-4,6-7,15H,5H2,1-2H3. The molecular formula is C11H13BrF2O. The Kier molecular flexibility index (Phi) is 4.22. The van der Waals surface area contributed by atoms with Crippen molar-refractivity contribution in [2.24, 2.45) is 5.92 Å². The van der Waals surface area contributed by atoms with Crippen molar-refractivity contribution in [2.75, 3.05) is 0 Å². The van der Waals surface area contributed by atoms with Gasteiger partial charge in [0.1, 0.15) is 11.6 Å². The third kappa shape index (κ3) is 2.98. The molecule has 0 fully saturated rings. The van der Waals surface area contributed by atoms with Gasteiger partial charge in [-0.3, -0.25) is 0 Å². The Morgan fingerprint density at radius 3 is 2.47 bits per heavy atom. The molecular weight excluding hydrogens is 266 g/mol. The predicted molar refractivity (Wildman–Crippen MR) is 58.6 cm³/mol. The maximum Gasteiger partial charge on any atom is 0.143 e. The molecule has 0 bridgehead atoms. The Morgan fingerprint density at radius 2 is 1.93 bits per heavy atom. The van der Waals surface area contributed by atoms with Gasteiger partial charge in [0.2, 0.25) is 0 Å². The van der Waals surface area contributed by atoms with E-state index in [9.17, 15) is 13.9 Å². The predicted octanol–water partition coefficient (Wildman–Crippen LogP) is 3.29. The van der Waals surface area contributed by atoms with Crippen molar-refractivity contribution in [1.82, 2.24) is 0 Å². The van der Waals surface area contributed by atoms with Crippen LogP contribution in [0.3, 0.4) is 0 Å². The molecule has 0 amide bonds. The molecule has 0 saturated heterocycles. The Balaban J connectivity index is 2.98. The smallest absolute Gasteiger partial charge is 0.143 e. The highest BCUT2D eigenvalue weighted by Crippen LogP contribution is 2.24. The van der Waals surface area contributed by atoms with E-state index in [0.717, 1.165) is 0 Å². The fraction of sp³-hybridized carbons (Fsp3) is 0.455. The Morgan fingerprint density at radius 1 is 1.33 bits per heavy atom. The summed E-state index contributed by atoms with van der Waals surface area (Å²) in [6.07, 6.45) is -0.391. The van der Waals surface area contributed by atoms with E-state index in [4.69, 9.17) is 0 Å². The van der Waals surface area contributed by atoms with Crippen molar-refractivity contribution in [1.29, 1.82) is 0 Å². The summed E-state index contributed by atoms with van der Waals surface area (Å²) < 4.78 is 27.1. The molecule has 1 aromatic carbocycles. The monoisotopic (exact) mass is 278 g/mol. The zero-order valence-corrected chi connectivity index (χ0v) is 10.2. The Labute approximate surface area is 96.2 Å². The van der Waals surface area contributed by atoms with Crippen LogP contribution in [0.15, 0.2) is 16.6 Å². The quantitative estimate of drug-likeness (QED) is 0.842. The lowest BCUT2D eigenvalue weighted by Gasteiger charge is -2.15. The number of hydrogen-bond acceptors (Lipinski definition) is 1. The second-order valence-corrected chi connectivity index (χ2v) is 4.60. The van der Waals surface area contributed by atoms with Crippen LogP contribution in [-0.2, 0) is 6.42 Å². The molecule has 1 aromatic rings. The SMILES string of the molecule is CC(O)C(C)Cc1c(F)ccc(Br)c1F. The number of aliphatic hydroxyl groups is 1. The van der Waals surface area contributed by atoms with Gasteiger partial charge in [-0.2, -0.15) is 0 Å². The zero-order valence-electron chi connectivity index (χ0n) is 8.60. The maximum absolute atomic E-state index is 13.5. The van der Waals surface area contributed by atoms with Crippen LogP contribution < -0.4 is 0 Å². The number of hydrogen-bond donors (Lipinski definition) is 1. The highest BCUT2D eigenvalue weighted by Gasteiger charge is 2.17. The summed E-state index contributed by atoms with van der Waals surface area (Å²) >= 11 is 3.00. The topological polar surface area (TPSA) is 20.2 Å². The fourth-order valence-corrected chi connectivity index (χ4v) is 1.62. The molecule has 0 radical (unpaired) electrons. The average Bonchev–Trinajstić information content (AvgIpc) is 2.18.